The van der Waals surface area contributed by atoms with Gasteiger partial charge >= 0.3 is 5.97 Å². The van der Waals surface area contributed by atoms with E-state index in [1.165, 1.54) is 29.2 Å². The van der Waals surface area contributed by atoms with Crippen molar-refractivity contribution >= 4 is 77.8 Å². The van der Waals surface area contributed by atoms with Crippen molar-refractivity contribution < 1.29 is 23.7 Å². The Morgan fingerprint density at radius 2 is 1.68 bits per heavy atom. The number of methoxy groups -OCH3 is 1. The van der Waals surface area contributed by atoms with Crippen LogP contribution in [0.25, 0.3) is 6.08 Å². The quantitative estimate of drug-likeness (QED) is 0.133. The fourth-order valence-electron chi connectivity index (χ4n) is 4.68. The second-order valence-corrected chi connectivity index (χ2v) is 13.4. The molecule has 8 nitrogen and oxygen atoms in total. The standard InChI is InChI=1S/C32H27Br2IN2O6S/c1-4-41-25-11-8-20(15-26(25)42-5-2)28-22(31(39)40-3)16-36-32-37(28)30(38)27(44-32)14-19-12-23(33)29(24(34)13-19)43-17-18-6-9-21(35)10-7-18/h6-16,28H,4-5,17H2,1-3H3/b27-14-/t28-/m1/s1. The molecule has 0 fully saturated rings. The van der Waals surface area contributed by atoms with E-state index in [-0.39, 0.29) is 11.1 Å². The third kappa shape index (κ3) is 6.98. The molecule has 1 atom stereocenters. The number of carbonyl (C=O) groups excluding carboxylic acids is 1. The van der Waals surface area contributed by atoms with E-state index in [9.17, 15) is 9.59 Å². The fourth-order valence-corrected chi connectivity index (χ4v) is 7.46. The minimum absolute atomic E-state index is 0.234. The summed E-state index contributed by atoms with van der Waals surface area (Å²) in [6, 6.07) is 16.5. The molecule has 0 N–H and O–H groups in total. The van der Waals surface area contributed by atoms with Crippen LogP contribution < -0.4 is 29.1 Å². The highest BCUT2D eigenvalue weighted by Gasteiger charge is 2.31. The predicted octanol–water partition coefficient (Wildman–Crippen LogP) is 6.52. The molecule has 0 saturated heterocycles. The van der Waals surface area contributed by atoms with E-state index in [0.29, 0.717) is 52.0 Å². The summed E-state index contributed by atoms with van der Waals surface area (Å²) >= 11 is 10.8. The van der Waals surface area contributed by atoms with Crippen molar-refractivity contribution in [2.75, 3.05) is 20.3 Å². The molecular formula is C32H27Br2IN2O6S. The summed E-state index contributed by atoms with van der Waals surface area (Å²) in [5.41, 5.74) is 2.44. The number of thiazole rings is 1. The smallest absolute Gasteiger partial charge is 0.337 e. The van der Waals surface area contributed by atoms with Crippen LogP contribution in [0.4, 0.5) is 0 Å². The van der Waals surface area contributed by atoms with Gasteiger partial charge in [0, 0.05) is 9.77 Å². The van der Waals surface area contributed by atoms with Crippen LogP contribution in [0.5, 0.6) is 17.2 Å². The highest BCUT2D eigenvalue weighted by molar-refractivity contribution is 14.1. The van der Waals surface area contributed by atoms with Crippen molar-refractivity contribution in [1.82, 2.24) is 4.57 Å². The van der Waals surface area contributed by atoms with Crippen LogP contribution in [-0.2, 0) is 16.1 Å². The number of carbonyl (C=O) groups is 1. The van der Waals surface area contributed by atoms with E-state index < -0.39 is 12.0 Å². The van der Waals surface area contributed by atoms with Gasteiger partial charge in [0.1, 0.15) is 12.4 Å². The lowest BCUT2D eigenvalue weighted by Gasteiger charge is -2.23. The van der Waals surface area contributed by atoms with E-state index in [1.807, 2.05) is 56.3 Å². The van der Waals surface area contributed by atoms with Gasteiger partial charge in [-0.15, -0.1) is 0 Å². The van der Waals surface area contributed by atoms with Gasteiger partial charge in [0.05, 0.1) is 45.4 Å². The third-order valence-corrected chi connectivity index (χ3v) is 9.52. The molecule has 228 valence electrons. The predicted molar refractivity (Wildman–Crippen MR) is 185 cm³/mol. The Morgan fingerprint density at radius 1 is 1.00 bits per heavy atom. The van der Waals surface area contributed by atoms with Crippen molar-refractivity contribution in [2.24, 2.45) is 4.99 Å². The highest BCUT2D eigenvalue weighted by Crippen LogP contribution is 2.37. The normalized spacial score (nSPS) is 14.4. The van der Waals surface area contributed by atoms with E-state index in [1.54, 1.807) is 18.2 Å². The van der Waals surface area contributed by atoms with Crippen LogP contribution in [-0.4, -0.2) is 30.9 Å². The number of ether oxygens (including phenoxy) is 4. The Labute approximate surface area is 288 Å². The molecule has 0 saturated carbocycles. The van der Waals surface area contributed by atoms with Gasteiger partial charge < -0.3 is 18.9 Å². The summed E-state index contributed by atoms with van der Waals surface area (Å²) in [4.78, 5) is 31.7. The number of hydrogen-bond donors (Lipinski definition) is 0. The first-order chi connectivity index (χ1) is 21.2. The Bertz CT molecular complexity index is 1900. The third-order valence-electron chi connectivity index (χ3n) is 6.62. The molecule has 1 aromatic heterocycles. The van der Waals surface area contributed by atoms with Gasteiger partial charge in [-0.3, -0.25) is 9.36 Å². The van der Waals surface area contributed by atoms with Gasteiger partial charge in [0.2, 0.25) is 0 Å². The molecule has 12 heteroatoms. The van der Waals surface area contributed by atoms with E-state index in [4.69, 9.17) is 18.9 Å². The van der Waals surface area contributed by atoms with Crippen molar-refractivity contribution in [1.29, 1.82) is 0 Å². The lowest BCUT2D eigenvalue weighted by Crippen LogP contribution is -2.39. The molecule has 0 spiro atoms. The maximum atomic E-state index is 14.0. The summed E-state index contributed by atoms with van der Waals surface area (Å²) < 4.78 is 27.3. The van der Waals surface area contributed by atoms with Crippen molar-refractivity contribution in [3.05, 3.63) is 115 Å². The molecule has 1 aliphatic rings. The zero-order chi connectivity index (χ0) is 31.4. The van der Waals surface area contributed by atoms with Crippen LogP contribution in [0.3, 0.4) is 0 Å². The average molecular weight is 854 g/mol. The molecule has 3 aromatic carbocycles. The summed E-state index contributed by atoms with van der Waals surface area (Å²) in [5.74, 6) is 1.18. The summed E-state index contributed by atoms with van der Waals surface area (Å²) in [6.45, 7) is 5.07. The van der Waals surface area contributed by atoms with Crippen molar-refractivity contribution in [3.63, 3.8) is 0 Å². The van der Waals surface area contributed by atoms with Gasteiger partial charge in [0.25, 0.3) is 5.56 Å². The zero-order valence-electron chi connectivity index (χ0n) is 23.9. The zero-order valence-corrected chi connectivity index (χ0v) is 30.1. The Kier molecular flexibility index (Phi) is 10.7. The summed E-state index contributed by atoms with van der Waals surface area (Å²) in [5, 5.41) is 0. The Morgan fingerprint density at radius 3 is 2.34 bits per heavy atom. The molecule has 44 heavy (non-hydrogen) atoms. The van der Waals surface area contributed by atoms with E-state index >= 15 is 0 Å². The van der Waals surface area contributed by atoms with Crippen molar-refractivity contribution in [2.45, 2.75) is 26.5 Å². The molecule has 0 amide bonds. The molecule has 5 rings (SSSR count). The first kappa shape index (κ1) is 32.5. The first-order valence-corrected chi connectivity index (χ1v) is 17.1. The molecule has 2 heterocycles. The average Bonchev–Trinajstić information content (AvgIpc) is 3.32. The molecule has 4 aromatic rings. The molecule has 0 aliphatic carbocycles. The number of halogens is 3. The lowest BCUT2D eigenvalue weighted by molar-refractivity contribution is -0.136. The Balaban J connectivity index is 1.54. The Hall–Kier alpha value is -2.94. The molecule has 1 aliphatic heterocycles. The largest absolute Gasteiger partial charge is 0.490 e. The molecule has 0 radical (unpaired) electrons. The number of rotatable bonds is 10. The maximum absolute atomic E-state index is 14.0. The number of fused-ring (bicyclic) bond motifs is 1. The number of esters is 1. The highest BCUT2D eigenvalue weighted by atomic mass is 127. The number of nitrogens with zero attached hydrogens (tertiary/aromatic N) is 2. The lowest BCUT2D eigenvalue weighted by atomic mass is 9.97. The number of hydrogen-bond acceptors (Lipinski definition) is 8. The number of aromatic nitrogens is 1. The van der Waals surface area contributed by atoms with Gasteiger partial charge in [-0.25, -0.2) is 9.79 Å². The van der Waals surface area contributed by atoms with E-state index in [2.05, 4.69) is 59.4 Å². The first-order valence-electron chi connectivity index (χ1n) is 13.6. The second-order valence-electron chi connectivity index (χ2n) is 9.48. The van der Waals surface area contributed by atoms with Crippen LogP contribution in [0.15, 0.2) is 85.1 Å². The van der Waals surface area contributed by atoms with Gasteiger partial charge in [0.15, 0.2) is 16.3 Å². The number of benzene rings is 3. The van der Waals surface area contributed by atoms with Gasteiger partial charge in [-0.1, -0.05) is 29.5 Å². The molecule has 0 bridgehead atoms. The molecule has 0 unspecified atom stereocenters. The SMILES string of the molecule is CCOc1ccc([C@@H]2C(C(=O)OC)=CN=c3s/c(=C\c4cc(Br)c(OCc5ccc(I)cc5)c(Br)c4)c(=O)n32)cc1OCC. The minimum Gasteiger partial charge on any atom is -0.490 e. The van der Waals surface area contributed by atoms with Crippen LogP contribution in [0, 0.1) is 3.57 Å². The second kappa shape index (κ2) is 14.4. The molecular weight excluding hydrogens is 827 g/mol. The van der Waals surface area contributed by atoms with E-state index in [0.717, 1.165) is 23.6 Å². The summed E-state index contributed by atoms with van der Waals surface area (Å²) in [7, 11) is 1.30. The monoisotopic (exact) mass is 852 g/mol. The topological polar surface area (TPSA) is 88.4 Å². The van der Waals surface area contributed by atoms with Crippen LogP contribution >= 0.6 is 65.8 Å². The van der Waals surface area contributed by atoms with Crippen LogP contribution in [0.1, 0.15) is 36.6 Å². The van der Waals surface area contributed by atoms with Gasteiger partial charge in [-0.05, 0) is 127 Å². The minimum atomic E-state index is -0.772. The summed E-state index contributed by atoms with van der Waals surface area (Å²) in [6.07, 6.45) is 3.26. The van der Waals surface area contributed by atoms with Crippen LogP contribution in [0.2, 0.25) is 0 Å². The fraction of sp³-hybridized carbons (Fsp3) is 0.219. The maximum Gasteiger partial charge on any atom is 0.337 e. The van der Waals surface area contributed by atoms with Crippen molar-refractivity contribution in [3.8, 4) is 17.2 Å². The van der Waals surface area contributed by atoms with Gasteiger partial charge in [-0.2, -0.15) is 0 Å².